The van der Waals surface area contributed by atoms with E-state index in [9.17, 15) is 4.79 Å². The molecular formula is C17H22N2O2. The predicted molar refractivity (Wildman–Crippen MR) is 82.8 cm³/mol. The van der Waals surface area contributed by atoms with Gasteiger partial charge < -0.3 is 9.84 Å². The highest BCUT2D eigenvalue weighted by Gasteiger charge is 2.34. The molecule has 21 heavy (non-hydrogen) atoms. The Bertz CT molecular complexity index is 600. The molecule has 2 rings (SSSR count). The minimum Gasteiger partial charge on any atom is -0.360 e. The van der Waals surface area contributed by atoms with Crippen molar-refractivity contribution in [2.75, 3.05) is 6.54 Å². The Morgan fingerprint density at radius 2 is 1.95 bits per heavy atom. The highest BCUT2D eigenvalue weighted by molar-refractivity contribution is 5.86. The van der Waals surface area contributed by atoms with E-state index in [2.05, 4.69) is 24.3 Å². The highest BCUT2D eigenvalue weighted by atomic mass is 16.5. The first-order valence-corrected chi connectivity index (χ1v) is 7.22. The average molecular weight is 286 g/mol. The lowest BCUT2D eigenvalue weighted by Crippen LogP contribution is -2.41. The Labute approximate surface area is 125 Å². The lowest BCUT2D eigenvalue weighted by molar-refractivity contribution is -0.126. The van der Waals surface area contributed by atoms with Gasteiger partial charge in [-0.05, 0) is 19.8 Å². The van der Waals surface area contributed by atoms with Crippen LogP contribution >= 0.6 is 0 Å². The van der Waals surface area contributed by atoms with Crippen LogP contribution < -0.4 is 5.32 Å². The summed E-state index contributed by atoms with van der Waals surface area (Å²) in [5.74, 6) is 0.939. The molecule has 0 saturated heterocycles. The molecule has 1 amide bonds. The molecular weight excluding hydrogens is 264 g/mol. The van der Waals surface area contributed by atoms with Crippen molar-refractivity contribution in [3.63, 3.8) is 0 Å². The van der Waals surface area contributed by atoms with Crippen molar-refractivity contribution in [1.82, 2.24) is 10.5 Å². The lowest BCUT2D eigenvalue weighted by atomic mass is 9.88. The van der Waals surface area contributed by atoms with Gasteiger partial charge in [0.25, 0.3) is 0 Å². The van der Waals surface area contributed by atoms with Crippen LogP contribution in [-0.2, 0) is 10.2 Å². The van der Waals surface area contributed by atoms with E-state index in [1.54, 1.807) is 0 Å². The summed E-state index contributed by atoms with van der Waals surface area (Å²) in [5, 5.41) is 7.02. The van der Waals surface area contributed by atoms with E-state index in [-0.39, 0.29) is 5.91 Å². The topological polar surface area (TPSA) is 55.1 Å². The van der Waals surface area contributed by atoms with E-state index in [0.29, 0.717) is 18.2 Å². The van der Waals surface area contributed by atoms with Gasteiger partial charge in [-0.3, -0.25) is 4.79 Å². The number of hydrogen-bond donors (Lipinski definition) is 1. The van der Waals surface area contributed by atoms with E-state index in [1.807, 2.05) is 50.2 Å². The van der Waals surface area contributed by atoms with Gasteiger partial charge in [-0.15, -0.1) is 0 Å². The van der Waals surface area contributed by atoms with Crippen molar-refractivity contribution < 1.29 is 9.32 Å². The molecule has 4 heteroatoms. The largest absolute Gasteiger partial charge is 0.360 e. The van der Waals surface area contributed by atoms with Crippen LogP contribution in [0, 0.1) is 5.92 Å². The monoisotopic (exact) mass is 286 g/mol. The Balaban J connectivity index is 2.18. The Morgan fingerprint density at radius 1 is 1.29 bits per heavy atom. The fourth-order valence-electron chi connectivity index (χ4n) is 1.94. The van der Waals surface area contributed by atoms with Crippen LogP contribution in [0.5, 0.6) is 0 Å². The van der Waals surface area contributed by atoms with Gasteiger partial charge in [0.15, 0.2) is 5.76 Å². The van der Waals surface area contributed by atoms with Crippen LogP contribution in [0.1, 0.15) is 33.5 Å². The molecule has 1 N–H and O–H groups in total. The van der Waals surface area contributed by atoms with Crippen LogP contribution in [-0.4, -0.2) is 17.6 Å². The summed E-state index contributed by atoms with van der Waals surface area (Å²) in [4.78, 5) is 12.3. The van der Waals surface area contributed by atoms with Gasteiger partial charge in [-0.2, -0.15) is 0 Å². The van der Waals surface area contributed by atoms with Gasteiger partial charge in [0.2, 0.25) is 5.91 Å². The molecule has 0 fully saturated rings. The minimum atomic E-state index is -0.741. The second kappa shape index (κ2) is 6.12. The Hall–Kier alpha value is -2.10. The number of aromatic nitrogens is 1. The number of hydrogen-bond acceptors (Lipinski definition) is 3. The van der Waals surface area contributed by atoms with Crippen molar-refractivity contribution in [3.8, 4) is 11.3 Å². The van der Waals surface area contributed by atoms with Crippen molar-refractivity contribution in [2.24, 2.45) is 5.92 Å². The first kappa shape index (κ1) is 15.3. The molecule has 1 aromatic carbocycles. The molecule has 4 nitrogen and oxygen atoms in total. The molecule has 112 valence electrons. The van der Waals surface area contributed by atoms with E-state index in [0.717, 1.165) is 11.3 Å². The third-order valence-corrected chi connectivity index (χ3v) is 3.43. The molecule has 1 heterocycles. The zero-order valence-corrected chi connectivity index (χ0v) is 13.0. The molecule has 2 aromatic rings. The van der Waals surface area contributed by atoms with Gasteiger partial charge in [-0.1, -0.05) is 49.3 Å². The van der Waals surface area contributed by atoms with E-state index in [1.165, 1.54) is 0 Å². The summed E-state index contributed by atoms with van der Waals surface area (Å²) >= 11 is 0. The van der Waals surface area contributed by atoms with Gasteiger partial charge in [0.05, 0.1) is 0 Å². The van der Waals surface area contributed by atoms with Crippen LogP contribution in [0.15, 0.2) is 40.9 Å². The maximum absolute atomic E-state index is 12.3. The smallest absolute Gasteiger partial charge is 0.233 e. The summed E-state index contributed by atoms with van der Waals surface area (Å²) < 4.78 is 5.40. The molecule has 0 spiro atoms. The molecule has 0 aliphatic carbocycles. The molecule has 0 bridgehead atoms. The third-order valence-electron chi connectivity index (χ3n) is 3.43. The maximum atomic E-state index is 12.3. The Kier molecular flexibility index (Phi) is 4.46. The first-order valence-electron chi connectivity index (χ1n) is 7.22. The number of rotatable bonds is 5. The van der Waals surface area contributed by atoms with E-state index in [4.69, 9.17) is 4.52 Å². The second-order valence-corrected chi connectivity index (χ2v) is 6.17. The number of amides is 1. The molecule has 0 aliphatic heterocycles. The number of nitrogens with zero attached hydrogens (tertiary/aromatic N) is 1. The highest BCUT2D eigenvalue weighted by Crippen LogP contribution is 2.28. The standard InChI is InChI=1S/C17H22N2O2/c1-12(2)11-18-16(20)17(3,4)15-10-14(19-21-15)13-8-6-5-7-9-13/h5-10,12H,11H2,1-4H3,(H,18,20). The van der Waals surface area contributed by atoms with E-state index < -0.39 is 5.41 Å². The van der Waals surface area contributed by atoms with Crippen LogP contribution in [0.4, 0.5) is 0 Å². The summed E-state index contributed by atoms with van der Waals surface area (Å²) in [6.07, 6.45) is 0. The van der Waals surface area contributed by atoms with Crippen LogP contribution in [0.3, 0.4) is 0 Å². The quantitative estimate of drug-likeness (QED) is 0.916. The normalized spacial score (nSPS) is 11.7. The maximum Gasteiger partial charge on any atom is 0.233 e. The summed E-state index contributed by atoms with van der Waals surface area (Å²) in [6, 6.07) is 11.6. The Morgan fingerprint density at radius 3 is 2.57 bits per heavy atom. The molecule has 0 aliphatic rings. The zero-order valence-electron chi connectivity index (χ0n) is 13.0. The minimum absolute atomic E-state index is 0.0491. The fraction of sp³-hybridized carbons (Fsp3) is 0.412. The predicted octanol–water partition coefficient (Wildman–Crippen LogP) is 3.39. The van der Waals surface area contributed by atoms with Gasteiger partial charge in [0, 0.05) is 18.2 Å². The number of benzene rings is 1. The van der Waals surface area contributed by atoms with Crippen molar-refractivity contribution >= 4 is 5.91 Å². The average Bonchev–Trinajstić information content (AvgIpc) is 2.96. The van der Waals surface area contributed by atoms with Gasteiger partial charge in [0.1, 0.15) is 11.1 Å². The molecule has 1 aromatic heterocycles. The zero-order chi connectivity index (χ0) is 15.5. The number of carbonyl (C=O) groups excluding carboxylic acids is 1. The second-order valence-electron chi connectivity index (χ2n) is 6.17. The molecule has 0 atom stereocenters. The van der Waals surface area contributed by atoms with Crippen LogP contribution in [0.25, 0.3) is 11.3 Å². The van der Waals surface area contributed by atoms with Crippen LogP contribution in [0.2, 0.25) is 0 Å². The first-order chi connectivity index (χ1) is 9.91. The SMILES string of the molecule is CC(C)CNC(=O)C(C)(C)c1cc(-c2ccccc2)no1. The third kappa shape index (κ3) is 3.51. The van der Waals surface area contributed by atoms with Crippen molar-refractivity contribution in [1.29, 1.82) is 0 Å². The number of carbonyl (C=O) groups is 1. The molecule has 0 saturated carbocycles. The molecule has 0 unspecified atom stereocenters. The fourth-order valence-corrected chi connectivity index (χ4v) is 1.94. The number of nitrogens with one attached hydrogen (secondary N) is 1. The van der Waals surface area contributed by atoms with Gasteiger partial charge >= 0.3 is 0 Å². The summed E-state index contributed by atoms with van der Waals surface area (Å²) in [6.45, 7) is 8.47. The van der Waals surface area contributed by atoms with E-state index >= 15 is 0 Å². The lowest BCUT2D eigenvalue weighted by Gasteiger charge is -2.21. The summed E-state index contributed by atoms with van der Waals surface area (Å²) in [5.41, 5.74) is 0.982. The summed E-state index contributed by atoms with van der Waals surface area (Å²) in [7, 11) is 0. The molecule has 0 radical (unpaired) electrons. The van der Waals surface area contributed by atoms with Crippen molar-refractivity contribution in [2.45, 2.75) is 33.1 Å². The van der Waals surface area contributed by atoms with Gasteiger partial charge in [-0.25, -0.2) is 0 Å². The van der Waals surface area contributed by atoms with Crippen molar-refractivity contribution in [3.05, 3.63) is 42.2 Å².